The maximum absolute atomic E-state index is 13.5. The Labute approximate surface area is 226 Å². The summed E-state index contributed by atoms with van der Waals surface area (Å²) in [4.78, 5) is 17.9. The molecular formula is C30H32F3N3O3. The minimum Gasteiger partial charge on any atom is -0.497 e. The molecule has 0 spiro atoms. The first-order valence-corrected chi connectivity index (χ1v) is 13.0. The first-order valence-electron chi connectivity index (χ1n) is 13.0. The third-order valence-electron chi connectivity index (χ3n) is 7.69. The van der Waals surface area contributed by atoms with Gasteiger partial charge in [-0.25, -0.2) is 0 Å². The number of piperazine rings is 1. The van der Waals surface area contributed by atoms with Gasteiger partial charge in [0, 0.05) is 37.6 Å². The number of amides is 1. The number of nitrogens with zero attached hydrogens (tertiary/aromatic N) is 2. The van der Waals surface area contributed by atoms with E-state index < -0.39 is 17.7 Å². The maximum atomic E-state index is 13.5. The molecule has 0 aliphatic carbocycles. The summed E-state index contributed by atoms with van der Waals surface area (Å²) in [7, 11) is 3.23. The quantitative estimate of drug-likeness (QED) is 0.461. The third-order valence-corrected chi connectivity index (χ3v) is 7.69. The molecule has 2 atom stereocenters. The van der Waals surface area contributed by atoms with E-state index in [0.717, 1.165) is 34.5 Å². The van der Waals surface area contributed by atoms with Crippen molar-refractivity contribution in [2.75, 3.05) is 50.2 Å². The van der Waals surface area contributed by atoms with E-state index in [4.69, 9.17) is 9.47 Å². The van der Waals surface area contributed by atoms with Crippen molar-refractivity contribution >= 4 is 17.3 Å². The third kappa shape index (κ3) is 5.77. The van der Waals surface area contributed by atoms with Gasteiger partial charge in [-0.2, -0.15) is 13.2 Å². The Bertz CT molecular complexity index is 1300. The van der Waals surface area contributed by atoms with Crippen molar-refractivity contribution in [3.8, 4) is 11.5 Å². The van der Waals surface area contributed by atoms with Crippen LogP contribution in [0.25, 0.3) is 0 Å². The highest BCUT2D eigenvalue weighted by atomic mass is 19.4. The molecule has 0 unspecified atom stereocenters. The summed E-state index contributed by atoms with van der Waals surface area (Å²) in [6.45, 7) is 2.31. The molecule has 2 aliphatic heterocycles. The van der Waals surface area contributed by atoms with Gasteiger partial charge < -0.3 is 24.6 Å². The van der Waals surface area contributed by atoms with E-state index in [-0.39, 0.29) is 18.4 Å². The van der Waals surface area contributed by atoms with Crippen LogP contribution in [0.1, 0.15) is 16.7 Å². The molecule has 2 aliphatic rings. The zero-order valence-electron chi connectivity index (χ0n) is 22.0. The van der Waals surface area contributed by atoms with E-state index in [1.165, 1.54) is 6.07 Å². The van der Waals surface area contributed by atoms with Crippen molar-refractivity contribution in [2.45, 2.75) is 25.1 Å². The van der Waals surface area contributed by atoms with Gasteiger partial charge in [0.2, 0.25) is 5.91 Å². The monoisotopic (exact) mass is 539 g/mol. The van der Waals surface area contributed by atoms with Crippen LogP contribution in [0.3, 0.4) is 0 Å². The minimum absolute atomic E-state index is 0.141. The van der Waals surface area contributed by atoms with Gasteiger partial charge in [0.15, 0.2) is 0 Å². The molecule has 2 heterocycles. The highest BCUT2D eigenvalue weighted by Gasteiger charge is 2.42. The van der Waals surface area contributed by atoms with Crippen LogP contribution in [-0.4, -0.2) is 52.3 Å². The van der Waals surface area contributed by atoms with Crippen molar-refractivity contribution in [1.29, 1.82) is 0 Å². The molecule has 0 bridgehead atoms. The number of halogens is 3. The number of rotatable bonds is 7. The second-order valence-corrected chi connectivity index (χ2v) is 9.95. The van der Waals surface area contributed by atoms with Crippen molar-refractivity contribution in [3.05, 3.63) is 83.4 Å². The van der Waals surface area contributed by atoms with Crippen LogP contribution in [0.4, 0.5) is 24.5 Å². The Morgan fingerprint density at radius 3 is 2.26 bits per heavy atom. The van der Waals surface area contributed by atoms with Crippen LogP contribution in [0.2, 0.25) is 0 Å². The average molecular weight is 540 g/mol. The molecule has 1 amide bonds. The first kappa shape index (κ1) is 26.7. The Kier molecular flexibility index (Phi) is 7.59. The number of carbonyl (C=O) groups excluding carboxylic acids is 1. The van der Waals surface area contributed by atoms with Crippen molar-refractivity contribution in [2.24, 2.45) is 5.92 Å². The van der Waals surface area contributed by atoms with Crippen LogP contribution in [0.5, 0.6) is 11.5 Å². The summed E-state index contributed by atoms with van der Waals surface area (Å²) in [5.41, 5.74) is 2.74. The molecule has 39 heavy (non-hydrogen) atoms. The smallest absolute Gasteiger partial charge is 0.416 e. The Morgan fingerprint density at radius 2 is 1.62 bits per heavy atom. The van der Waals surface area contributed by atoms with E-state index in [0.29, 0.717) is 38.2 Å². The molecule has 6 nitrogen and oxygen atoms in total. The molecule has 0 saturated carbocycles. The topological polar surface area (TPSA) is 54.0 Å². The summed E-state index contributed by atoms with van der Waals surface area (Å²) < 4.78 is 51.0. The van der Waals surface area contributed by atoms with Gasteiger partial charge >= 0.3 is 6.18 Å². The lowest BCUT2D eigenvalue weighted by Crippen LogP contribution is -2.61. The lowest BCUT2D eigenvalue weighted by Gasteiger charge is -2.49. The van der Waals surface area contributed by atoms with E-state index in [1.54, 1.807) is 20.3 Å². The number of carbonyl (C=O) groups is 1. The zero-order chi connectivity index (χ0) is 27.6. The highest BCUT2D eigenvalue weighted by molar-refractivity contribution is 5.82. The Morgan fingerprint density at radius 1 is 0.949 bits per heavy atom. The van der Waals surface area contributed by atoms with Gasteiger partial charge in [-0.05, 0) is 78.6 Å². The van der Waals surface area contributed by atoms with Crippen LogP contribution in [0, 0.1) is 5.92 Å². The van der Waals surface area contributed by atoms with Crippen LogP contribution in [0.15, 0.2) is 66.7 Å². The molecule has 1 N–H and O–H groups in total. The lowest BCUT2D eigenvalue weighted by atomic mass is 9.82. The molecule has 206 valence electrons. The fourth-order valence-corrected chi connectivity index (χ4v) is 5.58. The second kappa shape index (κ2) is 11.1. The summed E-state index contributed by atoms with van der Waals surface area (Å²) in [6, 6.07) is 19.2. The molecule has 1 fully saturated rings. The average Bonchev–Trinajstić information content (AvgIpc) is 2.96. The van der Waals surface area contributed by atoms with E-state index >= 15 is 0 Å². The second-order valence-electron chi connectivity index (χ2n) is 9.95. The highest BCUT2D eigenvalue weighted by Crippen LogP contribution is 2.40. The summed E-state index contributed by atoms with van der Waals surface area (Å²) >= 11 is 0. The van der Waals surface area contributed by atoms with Gasteiger partial charge in [0.1, 0.15) is 11.5 Å². The number of hydrogen-bond donors (Lipinski definition) is 1. The number of benzene rings is 3. The number of hydrogen-bond acceptors (Lipinski definition) is 5. The molecule has 1 saturated heterocycles. The minimum atomic E-state index is -4.44. The van der Waals surface area contributed by atoms with Gasteiger partial charge in [-0.15, -0.1) is 0 Å². The van der Waals surface area contributed by atoms with Crippen LogP contribution in [-0.2, 0) is 23.8 Å². The maximum Gasteiger partial charge on any atom is 0.416 e. The Hall–Kier alpha value is -3.88. The number of methoxy groups -OCH3 is 2. The Balaban J connectivity index is 1.36. The lowest BCUT2D eigenvalue weighted by molar-refractivity contribution is -0.137. The zero-order valence-corrected chi connectivity index (χ0v) is 22.0. The van der Waals surface area contributed by atoms with Crippen molar-refractivity contribution < 1.29 is 27.4 Å². The van der Waals surface area contributed by atoms with Gasteiger partial charge in [0.25, 0.3) is 0 Å². The van der Waals surface area contributed by atoms with E-state index in [9.17, 15) is 18.0 Å². The van der Waals surface area contributed by atoms with Gasteiger partial charge in [-0.3, -0.25) is 4.79 Å². The summed E-state index contributed by atoms with van der Waals surface area (Å²) in [6.07, 6.45) is -3.54. The number of fused-ring (bicyclic) bond motifs is 3. The summed E-state index contributed by atoms with van der Waals surface area (Å²) in [5.74, 6) is 0.898. The van der Waals surface area contributed by atoms with Crippen molar-refractivity contribution in [3.63, 3.8) is 0 Å². The van der Waals surface area contributed by atoms with Gasteiger partial charge in [-0.1, -0.05) is 12.1 Å². The SMILES string of the molecule is COc1ccc(CCNC(=O)[C@@H]2Cc3cc(C(F)(F)F)ccc3N3CCN(c4ccc(OC)cc4)C[C@@H]23)cc1. The van der Waals surface area contributed by atoms with E-state index in [1.807, 2.05) is 48.5 Å². The van der Waals surface area contributed by atoms with Crippen molar-refractivity contribution in [1.82, 2.24) is 5.32 Å². The number of anilines is 2. The molecule has 3 aromatic carbocycles. The largest absolute Gasteiger partial charge is 0.497 e. The molecular weight excluding hydrogens is 507 g/mol. The van der Waals surface area contributed by atoms with Gasteiger partial charge in [0.05, 0.1) is 31.7 Å². The van der Waals surface area contributed by atoms with Crippen LogP contribution < -0.4 is 24.6 Å². The number of alkyl halides is 3. The predicted octanol–water partition coefficient (Wildman–Crippen LogP) is 4.95. The molecule has 0 aromatic heterocycles. The van der Waals surface area contributed by atoms with E-state index in [2.05, 4.69) is 15.1 Å². The molecule has 5 rings (SSSR count). The molecule has 0 radical (unpaired) electrons. The first-order chi connectivity index (χ1) is 18.8. The van der Waals surface area contributed by atoms with Crippen LogP contribution >= 0.6 is 0 Å². The fourth-order valence-electron chi connectivity index (χ4n) is 5.58. The normalized spacial score (nSPS) is 18.7. The molecule has 3 aromatic rings. The standard InChI is InChI=1S/C30H32F3N3O3/c1-38-24-8-3-20(4-9-24)13-14-34-29(37)26-18-21-17-22(30(31,32)33)5-12-27(21)36-16-15-35(19-28(26)36)23-6-10-25(39-2)11-7-23/h3-12,17,26,28H,13-16,18-19H2,1-2H3,(H,34,37)/t26-,28+/m1/s1. The molecule has 9 heteroatoms. The number of ether oxygens (including phenoxy) is 2. The number of nitrogens with one attached hydrogen (secondary N) is 1. The fraction of sp³-hybridized carbons (Fsp3) is 0.367. The summed E-state index contributed by atoms with van der Waals surface area (Å²) in [5, 5.41) is 3.05. The predicted molar refractivity (Wildman–Crippen MR) is 145 cm³/mol.